The Bertz CT molecular complexity index is 353. The summed E-state index contributed by atoms with van der Waals surface area (Å²) in [5.41, 5.74) is -1.71. The van der Waals surface area contributed by atoms with Crippen LogP contribution in [0.4, 0.5) is 0 Å². The maximum absolute atomic E-state index is 11.8. The molecule has 5 nitrogen and oxygen atoms in total. The first kappa shape index (κ1) is 17.0. The van der Waals surface area contributed by atoms with Crippen LogP contribution in [0.3, 0.4) is 0 Å². The molecule has 2 amide bonds. The van der Waals surface area contributed by atoms with E-state index in [0.717, 1.165) is 25.7 Å². The van der Waals surface area contributed by atoms with Crippen LogP contribution >= 0.6 is 0 Å². The Morgan fingerprint density at radius 2 is 1.70 bits per heavy atom. The van der Waals surface area contributed by atoms with Gasteiger partial charge in [0, 0.05) is 18.9 Å². The number of nitrogens with one attached hydrogen (secondary N) is 2. The molecule has 3 N–H and O–H groups in total. The minimum absolute atomic E-state index is 0.0667. The Balaban J connectivity index is 2.28. The van der Waals surface area contributed by atoms with Gasteiger partial charge in [0.15, 0.2) is 0 Å². The predicted molar refractivity (Wildman–Crippen MR) is 78.1 cm³/mol. The highest BCUT2D eigenvalue weighted by Crippen LogP contribution is 2.24. The fourth-order valence-electron chi connectivity index (χ4n) is 2.20. The van der Waals surface area contributed by atoms with Crippen LogP contribution in [0.1, 0.15) is 59.8 Å². The maximum atomic E-state index is 11.8. The fourth-order valence-corrected chi connectivity index (χ4v) is 2.20. The van der Waals surface area contributed by atoms with Gasteiger partial charge < -0.3 is 15.7 Å². The van der Waals surface area contributed by atoms with Gasteiger partial charge in [-0.25, -0.2) is 0 Å². The molecule has 116 valence electrons. The Labute approximate surface area is 121 Å². The number of hydrogen-bond donors (Lipinski definition) is 3. The zero-order chi connectivity index (χ0) is 15.4. The lowest BCUT2D eigenvalue weighted by atomic mass is 9.86. The van der Waals surface area contributed by atoms with Gasteiger partial charge in [0.05, 0.1) is 11.1 Å². The van der Waals surface area contributed by atoms with Gasteiger partial charge in [-0.05, 0) is 40.5 Å². The largest absolute Gasteiger partial charge is 0.388 e. The van der Waals surface area contributed by atoms with Gasteiger partial charge in [0.25, 0.3) is 0 Å². The Kier molecular flexibility index (Phi) is 5.57. The zero-order valence-corrected chi connectivity index (χ0v) is 13.1. The van der Waals surface area contributed by atoms with Gasteiger partial charge in [-0.15, -0.1) is 0 Å². The van der Waals surface area contributed by atoms with E-state index in [1.165, 1.54) is 0 Å². The van der Waals surface area contributed by atoms with Gasteiger partial charge in [-0.2, -0.15) is 0 Å². The van der Waals surface area contributed by atoms with Gasteiger partial charge in [0.1, 0.15) is 0 Å². The van der Waals surface area contributed by atoms with E-state index in [4.69, 9.17) is 0 Å². The van der Waals surface area contributed by atoms with E-state index in [0.29, 0.717) is 6.54 Å². The normalized spacial score (nSPS) is 17.1. The first-order valence-electron chi connectivity index (χ1n) is 7.44. The topological polar surface area (TPSA) is 78.4 Å². The Morgan fingerprint density at radius 3 is 2.20 bits per heavy atom. The van der Waals surface area contributed by atoms with Gasteiger partial charge in [-0.1, -0.05) is 12.8 Å². The molecule has 0 atom stereocenters. The van der Waals surface area contributed by atoms with Gasteiger partial charge in [0.2, 0.25) is 11.8 Å². The molecule has 0 radical (unpaired) electrons. The smallest absolute Gasteiger partial charge is 0.223 e. The Hall–Kier alpha value is -1.10. The molecule has 0 saturated heterocycles. The summed E-state index contributed by atoms with van der Waals surface area (Å²) in [6.07, 6.45) is 4.40. The predicted octanol–water partition coefficient (Wildman–Crippen LogP) is 1.35. The lowest BCUT2D eigenvalue weighted by Gasteiger charge is -2.38. The third-order valence-corrected chi connectivity index (χ3v) is 4.36. The second-order valence-corrected chi connectivity index (χ2v) is 6.75. The lowest BCUT2D eigenvalue weighted by molar-refractivity contribution is -0.127. The summed E-state index contributed by atoms with van der Waals surface area (Å²) in [4.78, 5) is 23.6. The fraction of sp³-hybridized carbons (Fsp3) is 0.867. The summed E-state index contributed by atoms with van der Waals surface area (Å²) in [7, 11) is 0. The minimum atomic E-state index is -1.00. The molecule has 1 aliphatic rings. The summed E-state index contributed by atoms with van der Waals surface area (Å²) >= 11 is 0. The van der Waals surface area contributed by atoms with Crippen molar-refractivity contribution in [3.63, 3.8) is 0 Å². The number of rotatable bonds is 6. The molecule has 20 heavy (non-hydrogen) atoms. The molecule has 0 spiro atoms. The van der Waals surface area contributed by atoms with Crippen molar-refractivity contribution in [1.29, 1.82) is 0 Å². The maximum Gasteiger partial charge on any atom is 0.223 e. The number of aliphatic hydroxyl groups is 1. The van der Waals surface area contributed by atoms with Crippen molar-refractivity contribution in [2.45, 2.75) is 70.9 Å². The molecule has 5 heteroatoms. The van der Waals surface area contributed by atoms with Crippen LogP contribution in [-0.4, -0.2) is 34.6 Å². The van der Waals surface area contributed by atoms with Gasteiger partial charge >= 0.3 is 0 Å². The van der Waals surface area contributed by atoms with Crippen molar-refractivity contribution in [3.05, 3.63) is 0 Å². The SMILES string of the molecule is CC(C)(O)C(C)(C)NC(=O)CCNC(=O)C1CCCC1. The van der Waals surface area contributed by atoms with Crippen LogP contribution in [0.5, 0.6) is 0 Å². The first-order chi connectivity index (χ1) is 9.13. The third kappa shape index (κ3) is 4.78. The van der Waals surface area contributed by atoms with E-state index in [1.54, 1.807) is 27.7 Å². The quantitative estimate of drug-likeness (QED) is 0.689. The molecule has 0 aromatic rings. The number of carbonyl (C=O) groups excluding carboxylic acids is 2. The van der Waals surface area contributed by atoms with Gasteiger partial charge in [-0.3, -0.25) is 9.59 Å². The lowest BCUT2D eigenvalue weighted by Crippen LogP contribution is -2.58. The summed E-state index contributed by atoms with van der Waals surface area (Å²) in [5.74, 6) is 0.0340. The number of amides is 2. The van der Waals surface area contributed by atoms with Crippen LogP contribution < -0.4 is 10.6 Å². The summed E-state index contributed by atoms with van der Waals surface area (Å²) in [6.45, 7) is 7.23. The van der Waals surface area contributed by atoms with E-state index in [9.17, 15) is 14.7 Å². The van der Waals surface area contributed by atoms with E-state index in [1.807, 2.05) is 0 Å². The molecule has 0 bridgehead atoms. The highest BCUT2D eigenvalue weighted by atomic mass is 16.3. The van der Waals surface area contributed by atoms with Crippen molar-refractivity contribution in [1.82, 2.24) is 10.6 Å². The average molecular weight is 284 g/mol. The minimum Gasteiger partial charge on any atom is -0.388 e. The molecule has 1 aliphatic carbocycles. The van der Waals surface area contributed by atoms with Crippen molar-refractivity contribution in [2.75, 3.05) is 6.54 Å². The molecular weight excluding hydrogens is 256 g/mol. The summed E-state index contributed by atoms with van der Waals surface area (Å²) in [5, 5.41) is 15.6. The zero-order valence-electron chi connectivity index (χ0n) is 13.1. The van der Waals surface area contributed by atoms with Crippen molar-refractivity contribution in [3.8, 4) is 0 Å². The molecule has 0 aliphatic heterocycles. The molecule has 0 aromatic carbocycles. The summed E-state index contributed by atoms with van der Waals surface area (Å²) < 4.78 is 0. The van der Waals surface area contributed by atoms with E-state index in [-0.39, 0.29) is 24.2 Å². The van der Waals surface area contributed by atoms with Crippen LogP contribution in [0.25, 0.3) is 0 Å². The molecule has 1 fully saturated rings. The standard InChI is InChI=1S/C15H28N2O3/c1-14(2,15(3,4)20)17-12(18)9-10-16-13(19)11-7-5-6-8-11/h11,20H,5-10H2,1-4H3,(H,16,19)(H,17,18). The number of hydrogen-bond acceptors (Lipinski definition) is 3. The Morgan fingerprint density at radius 1 is 1.15 bits per heavy atom. The molecule has 0 heterocycles. The van der Waals surface area contributed by atoms with E-state index >= 15 is 0 Å². The second-order valence-electron chi connectivity index (χ2n) is 6.75. The highest BCUT2D eigenvalue weighted by molar-refractivity contribution is 5.80. The van der Waals surface area contributed by atoms with E-state index < -0.39 is 11.1 Å². The van der Waals surface area contributed by atoms with E-state index in [2.05, 4.69) is 10.6 Å². The second kappa shape index (κ2) is 6.57. The summed E-state index contributed by atoms with van der Waals surface area (Å²) in [6, 6.07) is 0. The van der Waals surface area contributed by atoms with Crippen LogP contribution in [-0.2, 0) is 9.59 Å². The monoisotopic (exact) mass is 284 g/mol. The number of carbonyl (C=O) groups is 2. The first-order valence-corrected chi connectivity index (χ1v) is 7.44. The average Bonchev–Trinajstić information content (AvgIpc) is 2.79. The third-order valence-electron chi connectivity index (χ3n) is 4.36. The molecule has 0 aromatic heterocycles. The van der Waals surface area contributed by atoms with Crippen LogP contribution in [0.15, 0.2) is 0 Å². The molecule has 1 saturated carbocycles. The molecule has 0 unspecified atom stereocenters. The van der Waals surface area contributed by atoms with Crippen molar-refractivity contribution < 1.29 is 14.7 Å². The highest BCUT2D eigenvalue weighted by Gasteiger charge is 2.36. The van der Waals surface area contributed by atoms with Crippen molar-refractivity contribution >= 4 is 11.8 Å². The van der Waals surface area contributed by atoms with Crippen molar-refractivity contribution in [2.24, 2.45) is 5.92 Å². The molecule has 1 rings (SSSR count). The van der Waals surface area contributed by atoms with Crippen LogP contribution in [0.2, 0.25) is 0 Å². The van der Waals surface area contributed by atoms with Crippen LogP contribution in [0, 0.1) is 5.92 Å². The molecular formula is C15H28N2O3.